The normalized spacial score (nSPS) is 11.3. The summed E-state index contributed by atoms with van der Waals surface area (Å²) in [6, 6.07) is 13.6. The molecular formula is C24H23Cl2N7O. The van der Waals surface area contributed by atoms with E-state index < -0.39 is 6.03 Å². The van der Waals surface area contributed by atoms with E-state index in [0.29, 0.717) is 32.8 Å². The molecule has 0 aliphatic carbocycles. The van der Waals surface area contributed by atoms with Gasteiger partial charge in [0.25, 0.3) is 0 Å². The molecule has 0 saturated carbocycles. The van der Waals surface area contributed by atoms with E-state index >= 15 is 0 Å². The van der Waals surface area contributed by atoms with Crippen molar-refractivity contribution in [2.45, 2.75) is 26.2 Å². The van der Waals surface area contributed by atoms with E-state index in [-0.39, 0.29) is 11.4 Å². The molecule has 4 rings (SSSR count). The van der Waals surface area contributed by atoms with Gasteiger partial charge in [-0.15, -0.1) is 0 Å². The van der Waals surface area contributed by atoms with Gasteiger partial charge in [0.15, 0.2) is 0 Å². The van der Waals surface area contributed by atoms with E-state index in [1.807, 2.05) is 18.2 Å². The molecule has 0 saturated heterocycles. The summed E-state index contributed by atoms with van der Waals surface area (Å²) in [6.07, 6.45) is 1.60. The lowest BCUT2D eigenvalue weighted by Crippen LogP contribution is -2.19. The maximum Gasteiger partial charge on any atom is 0.323 e. The van der Waals surface area contributed by atoms with Gasteiger partial charge in [-0.05, 0) is 36.4 Å². The molecule has 2 aromatic carbocycles. The number of H-pyrrole nitrogens is 1. The van der Waals surface area contributed by atoms with Crippen LogP contribution in [0.1, 0.15) is 26.6 Å². The second kappa shape index (κ2) is 9.32. The highest BCUT2D eigenvalue weighted by Gasteiger charge is 2.23. The summed E-state index contributed by atoms with van der Waals surface area (Å²) in [4.78, 5) is 29.1. The Labute approximate surface area is 207 Å². The van der Waals surface area contributed by atoms with Gasteiger partial charge < -0.3 is 21.4 Å². The number of aromatic nitrogens is 4. The number of hydrogen-bond acceptors (Lipinski definition) is 5. The molecule has 2 aromatic heterocycles. The fourth-order valence-corrected chi connectivity index (χ4v) is 3.55. The van der Waals surface area contributed by atoms with Gasteiger partial charge >= 0.3 is 6.03 Å². The number of rotatable bonds is 4. The summed E-state index contributed by atoms with van der Waals surface area (Å²) in [6.45, 7) is 6.21. The third-order valence-electron chi connectivity index (χ3n) is 4.92. The number of anilines is 3. The highest BCUT2D eigenvalue weighted by Crippen LogP contribution is 2.34. The van der Waals surface area contributed by atoms with Gasteiger partial charge in [0.05, 0.1) is 27.1 Å². The Morgan fingerprint density at radius 3 is 2.38 bits per heavy atom. The Bertz CT molecular complexity index is 1360. The van der Waals surface area contributed by atoms with E-state index in [0.717, 1.165) is 17.1 Å². The number of hydrogen-bond donors (Lipinski definition) is 4. The Morgan fingerprint density at radius 1 is 0.971 bits per heavy atom. The first-order chi connectivity index (χ1) is 16.1. The molecule has 2 heterocycles. The van der Waals surface area contributed by atoms with Crippen molar-refractivity contribution < 1.29 is 4.79 Å². The predicted octanol–water partition coefficient (Wildman–Crippen LogP) is 6.36. The standard InChI is InChI=1S/C24H23Cl2N7O/c1-24(2,3)21-32-19(20(33-21)18-9-10-28-22(27)31-18)13-5-4-6-14(11-13)29-23(34)30-15-7-8-16(25)17(26)12-15/h4-12H,1-3H3,(H,32,33)(H2,27,28,31)(H2,29,30,34). The lowest BCUT2D eigenvalue weighted by Gasteiger charge is -2.14. The molecule has 10 heteroatoms. The molecular weight excluding hydrogens is 473 g/mol. The van der Waals surface area contributed by atoms with Crippen molar-refractivity contribution in [2.75, 3.05) is 16.4 Å². The van der Waals surface area contributed by atoms with Crippen molar-refractivity contribution in [3.05, 3.63) is 70.6 Å². The number of nitrogens with two attached hydrogens (primary N) is 1. The maximum absolute atomic E-state index is 12.5. The molecule has 0 aliphatic rings. The zero-order chi connectivity index (χ0) is 24.5. The molecule has 0 bridgehead atoms. The Balaban J connectivity index is 1.65. The van der Waals surface area contributed by atoms with Gasteiger partial charge in [0.1, 0.15) is 5.82 Å². The van der Waals surface area contributed by atoms with Gasteiger partial charge in [-0.25, -0.2) is 19.7 Å². The summed E-state index contributed by atoms with van der Waals surface area (Å²) in [5.41, 5.74) is 9.53. The second-order valence-electron chi connectivity index (χ2n) is 8.65. The lowest BCUT2D eigenvalue weighted by atomic mass is 9.96. The molecule has 5 N–H and O–H groups in total. The third-order valence-corrected chi connectivity index (χ3v) is 5.65. The number of carbonyl (C=O) groups is 1. The molecule has 4 aromatic rings. The molecule has 0 spiro atoms. The van der Waals surface area contributed by atoms with Crippen LogP contribution < -0.4 is 16.4 Å². The van der Waals surface area contributed by atoms with E-state index in [4.69, 9.17) is 33.9 Å². The lowest BCUT2D eigenvalue weighted by molar-refractivity contribution is 0.262. The van der Waals surface area contributed by atoms with Crippen LogP contribution >= 0.6 is 23.2 Å². The topological polar surface area (TPSA) is 122 Å². The van der Waals surface area contributed by atoms with Crippen LogP contribution in [0.4, 0.5) is 22.1 Å². The van der Waals surface area contributed by atoms with Gasteiger partial charge in [-0.3, -0.25) is 0 Å². The van der Waals surface area contributed by atoms with Crippen molar-refractivity contribution in [1.82, 2.24) is 19.9 Å². The summed E-state index contributed by atoms with van der Waals surface area (Å²) < 4.78 is 0. The van der Waals surface area contributed by atoms with Crippen LogP contribution in [0.5, 0.6) is 0 Å². The van der Waals surface area contributed by atoms with Crippen LogP contribution in [0.15, 0.2) is 54.7 Å². The number of halogens is 2. The Hall–Kier alpha value is -3.62. The molecule has 0 radical (unpaired) electrons. The van der Waals surface area contributed by atoms with Crippen molar-refractivity contribution in [1.29, 1.82) is 0 Å². The van der Waals surface area contributed by atoms with E-state index in [1.165, 1.54) is 0 Å². The van der Waals surface area contributed by atoms with Crippen LogP contribution in [-0.2, 0) is 5.41 Å². The molecule has 34 heavy (non-hydrogen) atoms. The summed E-state index contributed by atoms with van der Waals surface area (Å²) in [7, 11) is 0. The molecule has 2 amide bonds. The van der Waals surface area contributed by atoms with E-state index in [2.05, 4.69) is 46.4 Å². The van der Waals surface area contributed by atoms with E-state index in [1.54, 1.807) is 36.5 Å². The monoisotopic (exact) mass is 495 g/mol. The van der Waals surface area contributed by atoms with Crippen LogP contribution in [0.3, 0.4) is 0 Å². The smallest absolute Gasteiger partial charge is 0.323 e. The Morgan fingerprint density at radius 2 is 1.71 bits per heavy atom. The zero-order valence-corrected chi connectivity index (χ0v) is 20.3. The molecule has 0 atom stereocenters. The highest BCUT2D eigenvalue weighted by molar-refractivity contribution is 6.42. The van der Waals surface area contributed by atoms with Crippen molar-refractivity contribution in [2.24, 2.45) is 0 Å². The fourth-order valence-electron chi connectivity index (χ4n) is 3.25. The zero-order valence-electron chi connectivity index (χ0n) is 18.8. The van der Waals surface area contributed by atoms with Crippen molar-refractivity contribution in [3.8, 4) is 22.6 Å². The van der Waals surface area contributed by atoms with E-state index in [9.17, 15) is 4.79 Å². The minimum absolute atomic E-state index is 0.171. The first-order valence-corrected chi connectivity index (χ1v) is 11.2. The first kappa shape index (κ1) is 23.5. The SMILES string of the molecule is CC(C)(C)c1nc(-c2cccc(NC(=O)Nc3ccc(Cl)c(Cl)c3)c2)c(-c2ccnc(N)n2)[nH]1. The molecule has 0 unspecified atom stereocenters. The molecule has 8 nitrogen and oxygen atoms in total. The first-order valence-electron chi connectivity index (χ1n) is 10.4. The van der Waals surface area contributed by atoms with Crippen LogP contribution in [0.25, 0.3) is 22.6 Å². The number of nitrogens with zero attached hydrogens (tertiary/aromatic N) is 3. The maximum atomic E-state index is 12.5. The number of aromatic amines is 1. The van der Waals surface area contributed by atoms with Gasteiger partial charge in [-0.1, -0.05) is 56.1 Å². The molecule has 0 fully saturated rings. The number of carbonyl (C=O) groups excluding carboxylic acids is 1. The second-order valence-corrected chi connectivity index (χ2v) is 9.46. The third kappa shape index (κ3) is 5.30. The highest BCUT2D eigenvalue weighted by atomic mass is 35.5. The number of nitrogens with one attached hydrogen (secondary N) is 3. The minimum atomic E-state index is -0.420. The molecule has 174 valence electrons. The average Bonchev–Trinajstić information content (AvgIpc) is 3.23. The van der Waals surface area contributed by atoms with Crippen molar-refractivity contribution >= 4 is 46.6 Å². The number of nitrogen functional groups attached to an aromatic ring is 1. The Kier molecular flexibility index (Phi) is 6.45. The number of imidazole rings is 1. The van der Waals surface area contributed by atoms with Crippen LogP contribution in [0.2, 0.25) is 10.0 Å². The van der Waals surface area contributed by atoms with Crippen LogP contribution in [-0.4, -0.2) is 26.0 Å². The minimum Gasteiger partial charge on any atom is -0.368 e. The number of amides is 2. The summed E-state index contributed by atoms with van der Waals surface area (Å²) >= 11 is 12.0. The van der Waals surface area contributed by atoms with Gasteiger partial charge in [-0.2, -0.15) is 0 Å². The van der Waals surface area contributed by atoms with Gasteiger partial charge in [0.2, 0.25) is 5.95 Å². The summed E-state index contributed by atoms with van der Waals surface area (Å²) in [5, 5.41) is 6.34. The fraction of sp³-hybridized carbons (Fsp3) is 0.167. The quantitative estimate of drug-likeness (QED) is 0.262. The van der Waals surface area contributed by atoms with Crippen LogP contribution in [0, 0.1) is 0 Å². The molecule has 0 aliphatic heterocycles. The van der Waals surface area contributed by atoms with Crippen molar-refractivity contribution in [3.63, 3.8) is 0 Å². The predicted molar refractivity (Wildman–Crippen MR) is 137 cm³/mol. The summed E-state index contributed by atoms with van der Waals surface area (Å²) in [5.74, 6) is 0.968. The van der Waals surface area contributed by atoms with Gasteiger partial charge in [0, 0.05) is 28.6 Å². The number of urea groups is 1. The largest absolute Gasteiger partial charge is 0.368 e. The average molecular weight is 496 g/mol. The number of benzene rings is 2.